The summed E-state index contributed by atoms with van der Waals surface area (Å²) in [4.78, 5) is 0. The SMILES string of the molecule is Brc1ccc2sc3c(OP(c4ccccc4)c4ccccc4)cc(Br)cc3c2c1. The van der Waals surface area contributed by atoms with Gasteiger partial charge in [-0.25, -0.2) is 0 Å². The molecule has 142 valence electrons. The molecule has 1 nitrogen and oxygen atoms in total. The van der Waals surface area contributed by atoms with E-state index in [1.807, 2.05) is 12.1 Å². The van der Waals surface area contributed by atoms with E-state index < -0.39 is 8.15 Å². The van der Waals surface area contributed by atoms with Crippen molar-refractivity contribution in [2.75, 3.05) is 0 Å². The molecule has 5 rings (SSSR count). The first-order valence-electron chi connectivity index (χ1n) is 9.08. The van der Waals surface area contributed by atoms with Gasteiger partial charge in [-0.05, 0) is 30.3 Å². The van der Waals surface area contributed by atoms with Crippen LogP contribution in [0.3, 0.4) is 0 Å². The topological polar surface area (TPSA) is 9.23 Å². The predicted molar refractivity (Wildman–Crippen MR) is 134 cm³/mol. The van der Waals surface area contributed by atoms with Crippen LogP contribution in [0.15, 0.2) is 99.9 Å². The van der Waals surface area contributed by atoms with Crippen molar-refractivity contribution in [2.24, 2.45) is 0 Å². The summed E-state index contributed by atoms with van der Waals surface area (Å²) in [5, 5.41) is 4.86. The van der Waals surface area contributed by atoms with Crippen LogP contribution >= 0.6 is 51.3 Å². The van der Waals surface area contributed by atoms with Crippen LogP contribution in [0.25, 0.3) is 20.2 Å². The number of benzene rings is 4. The minimum Gasteiger partial charge on any atom is -0.463 e. The molecular formula is C24H15Br2OPS. The molecule has 0 saturated heterocycles. The summed E-state index contributed by atoms with van der Waals surface area (Å²) in [6, 6.07) is 31.7. The molecule has 0 spiro atoms. The molecule has 0 N–H and O–H groups in total. The second-order valence-corrected chi connectivity index (χ2v) is 11.3. The lowest BCUT2D eigenvalue weighted by atomic mass is 10.1. The molecule has 0 aliphatic rings. The number of hydrogen-bond donors (Lipinski definition) is 0. The number of fused-ring (bicyclic) bond motifs is 3. The molecule has 0 unspecified atom stereocenters. The normalized spacial score (nSPS) is 11.4. The molecule has 1 heterocycles. The molecular weight excluding hydrogens is 527 g/mol. The molecule has 0 aliphatic heterocycles. The van der Waals surface area contributed by atoms with Gasteiger partial charge >= 0.3 is 0 Å². The fraction of sp³-hybridized carbons (Fsp3) is 0. The Hall–Kier alpha value is -1.71. The lowest BCUT2D eigenvalue weighted by Crippen LogP contribution is -2.15. The maximum absolute atomic E-state index is 6.77. The van der Waals surface area contributed by atoms with Gasteiger partial charge in [0.2, 0.25) is 0 Å². The van der Waals surface area contributed by atoms with E-state index in [0.717, 1.165) is 14.7 Å². The highest BCUT2D eigenvalue weighted by Gasteiger charge is 2.20. The first kappa shape index (κ1) is 19.3. The molecule has 0 fully saturated rings. The zero-order valence-corrected chi connectivity index (χ0v) is 20.1. The lowest BCUT2D eigenvalue weighted by molar-refractivity contribution is 0.638. The second kappa shape index (κ2) is 8.20. The molecule has 0 radical (unpaired) electrons. The van der Waals surface area contributed by atoms with E-state index in [1.165, 1.54) is 30.8 Å². The van der Waals surface area contributed by atoms with E-state index in [0.29, 0.717) is 0 Å². The molecule has 4 aromatic carbocycles. The summed E-state index contributed by atoms with van der Waals surface area (Å²) >= 11 is 9.08. The molecule has 29 heavy (non-hydrogen) atoms. The number of halogens is 2. The van der Waals surface area contributed by atoms with Crippen LogP contribution in [-0.4, -0.2) is 0 Å². The highest BCUT2D eigenvalue weighted by atomic mass is 79.9. The van der Waals surface area contributed by atoms with Crippen molar-refractivity contribution in [1.29, 1.82) is 0 Å². The van der Waals surface area contributed by atoms with Crippen LogP contribution in [0.5, 0.6) is 5.75 Å². The monoisotopic (exact) mass is 540 g/mol. The number of rotatable bonds is 4. The molecule has 1 aromatic heterocycles. The Labute approximate surface area is 191 Å². The van der Waals surface area contributed by atoms with Gasteiger partial charge in [0.05, 0.1) is 4.70 Å². The third kappa shape index (κ3) is 3.87. The summed E-state index contributed by atoms with van der Waals surface area (Å²) < 4.78 is 11.3. The average molecular weight is 542 g/mol. The van der Waals surface area contributed by atoms with Crippen molar-refractivity contribution in [2.45, 2.75) is 0 Å². The standard InChI is InChI=1S/C24H15Br2OPS/c25-16-11-12-23-20(13-16)21-14-17(26)15-22(24(21)29-23)27-28(18-7-3-1-4-8-18)19-9-5-2-6-10-19/h1-15H. The van der Waals surface area contributed by atoms with E-state index in [-0.39, 0.29) is 0 Å². The first-order valence-corrected chi connectivity index (χ1v) is 12.7. The van der Waals surface area contributed by atoms with Crippen LogP contribution in [0, 0.1) is 0 Å². The Morgan fingerprint density at radius 1 is 0.655 bits per heavy atom. The highest BCUT2D eigenvalue weighted by molar-refractivity contribution is 9.10. The summed E-state index contributed by atoms with van der Waals surface area (Å²) in [5.41, 5.74) is 0. The van der Waals surface area contributed by atoms with E-state index in [9.17, 15) is 0 Å². The molecule has 0 aliphatic carbocycles. The van der Waals surface area contributed by atoms with Gasteiger partial charge in [-0.15, -0.1) is 11.3 Å². The maximum Gasteiger partial charge on any atom is 0.150 e. The van der Waals surface area contributed by atoms with Crippen LogP contribution < -0.4 is 15.1 Å². The molecule has 0 atom stereocenters. The zero-order valence-electron chi connectivity index (χ0n) is 15.2. The maximum atomic E-state index is 6.77. The lowest BCUT2D eigenvalue weighted by Gasteiger charge is -2.20. The molecule has 0 bridgehead atoms. The summed E-state index contributed by atoms with van der Waals surface area (Å²) in [6.45, 7) is 0. The Bertz CT molecular complexity index is 1260. The van der Waals surface area contributed by atoms with Gasteiger partial charge in [0.25, 0.3) is 0 Å². The molecule has 5 heteroatoms. The van der Waals surface area contributed by atoms with Crippen molar-refractivity contribution >= 4 is 82.1 Å². The van der Waals surface area contributed by atoms with Crippen molar-refractivity contribution in [1.82, 2.24) is 0 Å². The quantitative estimate of drug-likeness (QED) is 0.209. The third-order valence-electron chi connectivity index (χ3n) is 4.63. The van der Waals surface area contributed by atoms with E-state index >= 15 is 0 Å². The number of thiophene rings is 1. The van der Waals surface area contributed by atoms with Crippen LogP contribution in [0.4, 0.5) is 0 Å². The van der Waals surface area contributed by atoms with E-state index in [2.05, 4.69) is 111 Å². The van der Waals surface area contributed by atoms with Gasteiger partial charge in [-0.2, -0.15) is 0 Å². The zero-order chi connectivity index (χ0) is 19.8. The molecule has 0 saturated carbocycles. The highest BCUT2D eigenvalue weighted by Crippen LogP contribution is 2.46. The number of hydrogen-bond acceptors (Lipinski definition) is 2. The van der Waals surface area contributed by atoms with Crippen LogP contribution in [0.2, 0.25) is 0 Å². The minimum absolute atomic E-state index is 0.922. The van der Waals surface area contributed by atoms with E-state index in [1.54, 1.807) is 11.3 Å². The predicted octanol–water partition coefficient (Wildman–Crippen LogP) is 8.01. The van der Waals surface area contributed by atoms with Crippen molar-refractivity contribution < 1.29 is 4.52 Å². The Kier molecular flexibility index (Phi) is 5.45. The summed E-state index contributed by atoms with van der Waals surface area (Å²) in [7, 11) is -0.972. The second-order valence-electron chi connectivity index (χ2n) is 6.58. The van der Waals surface area contributed by atoms with Crippen molar-refractivity contribution in [3.8, 4) is 5.75 Å². The molecule has 0 amide bonds. The third-order valence-corrected chi connectivity index (χ3v) is 8.70. The van der Waals surface area contributed by atoms with Crippen molar-refractivity contribution in [3.63, 3.8) is 0 Å². The van der Waals surface area contributed by atoms with Crippen LogP contribution in [0.1, 0.15) is 0 Å². The van der Waals surface area contributed by atoms with E-state index in [4.69, 9.17) is 4.52 Å². The van der Waals surface area contributed by atoms with Crippen molar-refractivity contribution in [3.05, 3.63) is 99.9 Å². The summed E-state index contributed by atoms with van der Waals surface area (Å²) in [6.07, 6.45) is 0. The smallest absolute Gasteiger partial charge is 0.150 e. The summed E-state index contributed by atoms with van der Waals surface area (Å²) in [5.74, 6) is 0.922. The average Bonchev–Trinajstić information content (AvgIpc) is 3.11. The minimum atomic E-state index is -0.972. The van der Waals surface area contributed by atoms with Gasteiger partial charge < -0.3 is 4.52 Å². The molecule has 5 aromatic rings. The van der Waals surface area contributed by atoms with Gasteiger partial charge in [-0.3, -0.25) is 0 Å². The van der Waals surface area contributed by atoms with Gasteiger partial charge in [0, 0.05) is 35.0 Å². The van der Waals surface area contributed by atoms with Crippen LogP contribution in [-0.2, 0) is 0 Å². The Morgan fingerprint density at radius 2 is 1.28 bits per heavy atom. The van der Waals surface area contributed by atoms with Gasteiger partial charge in [0.1, 0.15) is 5.75 Å². The van der Waals surface area contributed by atoms with Gasteiger partial charge in [-0.1, -0.05) is 92.5 Å². The Morgan fingerprint density at radius 3 is 1.93 bits per heavy atom. The fourth-order valence-electron chi connectivity index (χ4n) is 3.33. The Balaban J connectivity index is 1.68. The van der Waals surface area contributed by atoms with Gasteiger partial charge in [0.15, 0.2) is 8.15 Å². The fourth-order valence-corrected chi connectivity index (χ4v) is 7.04. The largest absolute Gasteiger partial charge is 0.463 e. The first-order chi connectivity index (χ1) is 14.2.